The summed E-state index contributed by atoms with van der Waals surface area (Å²) in [5, 5.41) is 15.0. The summed E-state index contributed by atoms with van der Waals surface area (Å²) in [7, 11) is 0. The second kappa shape index (κ2) is 8.90. The first-order valence-electron chi connectivity index (χ1n) is 13.0. The average Bonchev–Trinajstić information content (AvgIpc) is 3.33. The SMILES string of the molecule is CC(=O)N1CCC(N[C@H]2CC(C)(C)[C@@H]3C[C@@](C)(O)CC[C@]23CCC(=O)N2CCCC2)CC1. The molecule has 2 N–H and O–H groups in total. The maximum atomic E-state index is 13.0. The average molecular weight is 448 g/mol. The van der Waals surface area contributed by atoms with E-state index < -0.39 is 5.60 Å². The molecular weight excluding hydrogens is 402 g/mol. The van der Waals surface area contributed by atoms with Gasteiger partial charge in [-0.05, 0) is 81.5 Å². The van der Waals surface area contributed by atoms with Gasteiger partial charge in [0.25, 0.3) is 0 Å². The monoisotopic (exact) mass is 447 g/mol. The van der Waals surface area contributed by atoms with E-state index >= 15 is 0 Å². The van der Waals surface area contributed by atoms with E-state index in [9.17, 15) is 14.7 Å². The molecule has 2 aliphatic heterocycles. The Bertz CT molecular complexity index is 707. The number of likely N-dealkylation sites (tertiary alicyclic amines) is 2. The van der Waals surface area contributed by atoms with Gasteiger partial charge in [-0.15, -0.1) is 0 Å². The van der Waals surface area contributed by atoms with Crippen molar-refractivity contribution in [1.29, 1.82) is 0 Å². The standard InChI is InChI=1S/C26H45N3O3/c1-19(30)28-15-8-20(9-16-28)27-22-18-24(2,3)21-17-25(4,32)11-12-26(21,22)10-7-23(31)29-13-5-6-14-29/h20-22,27,32H,5-18H2,1-4H3/t21-,22-,25-,26-/m0/s1. The van der Waals surface area contributed by atoms with E-state index in [1.165, 1.54) is 0 Å². The van der Waals surface area contributed by atoms with E-state index in [4.69, 9.17) is 0 Å². The summed E-state index contributed by atoms with van der Waals surface area (Å²) in [5.41, 5.74) is -0.399. The number of carbonyl (C=O) groups excluding carboxylic acids is 2. The van der Waals surface area contributed by atoms with E-state index in [-0.39, 0.29) is 16.7 Å². The van der Waals surface area contributed by atoms with Gasteiger partial charge in [-0.25, -0.2) is 0 Å². The minimum absolute atomic E-state index is 0.0683. The maximum absolute atomic E-state index is 13.0. The summed E-state index contributed by atoms with van der Waals surface area (Å²) in [6.45, 7) is 11.9. The van der Waals surface area contributed by atoms with Crippen LogP contribution in [0.15, 0.2) is 0 Å². The summed E-state index contributed by atoms with van der Waals surface area (Å²) >= 11 is 0. The molecule has 4 aliphatic rings. The second-order valence-corrected chi connectivity index (χ2v) is 12.3. The molecule has 182 valence electrons. The highest BCUT2D eigenvalue weighted by Gasteiger charge is 2.61. The summed E-state index contributed by atoms with van der Waals surface area (Å²) in [6, 6.07) is 0.803. The van der Waals surface area contributed by atoms with Crippen molar-refractivity contribution in [3.8, 4) is 0 Å². The van der Waals surface area contributed by atoms with Crippen molar-refractivity contribution < 1.29 is 14.7 Å². The Labute approximate surface area is 194 Å². The van der Waals surface area contributed by atoms with Crippen LogP contribution in [0.3, 0.4) is 0 Å². The van der Waals surface area contributed by atoms with Crippen LogP contribution in [0.5, 0.6) is 0 Å². The molecule has 0 aromatic carbocycles. The first-order valence-corrected chi connectivity index (χ1v) is 13.0. The Morgan fingerprint density at radius 1 is 0.969 bits per heavy atom. The molecule has 0 aromatic rings. The molecule has 2 heterocycles. The van der Waals surface area contributed by atoms with Gasteiger partial charge in [0.1, 0.15) is 0 Å². The van der Waals surface area contributed by atoms with Crippen LogP contribution in [0.25, 0.3) is 0 Å². The summed E-state index contributed by atoms with van der Waals surface area (Å²) in [4.78, 5) is 28.7. The first kappa shape index (κ1) is 24.0. The Morgan fingerprint density at radius 3 is 2.25 bits per heavy atom. The molecular formula is C26H45N3O3. The van der Waals surface area contributed by atoms with Crippen LogP contribution in [-0.4, -0.2) is 70.6 Å². The highest BCUT2D eigenvalue weighted by Crippen LogP contribution is 2.64. The number of amides is 2. The number of fused-ring (bicyclic) bond motifs is 1. The topological polar surface area (TPSA) is 72.9 Å². The van der Waals surface area contributed by atoms with Crippen molar-refractivity contribution in [2.75, 3.05) is 26.2 Å². The first-order chi connectivity index (χ1) is 15.0. The predicted molar refractivity (Wildman–Crippen MR) is 126 cm³/mol. The number of piperidine rings is 1. The fraction of sp³-hybridized carbons (Fsp3) is 0.923. The van der Waals surface area contributed by atoms with Crippen LogP contribution in [-0.2, 0) is 9.59 Å². The van der Waals surface area contributed by atoms with E-state index in [1.807, 2.05) is 11.8 Å². The molecule has 32 heavy (non-hydrogen) atoms. The lowest BCUT2D eigenvalue weighted by molar-refractivity contribution is -0.132. The molecule has 0 radical (unpaired) electrons. The molecule has 0 bridgehead atoms. The molecule has 0 aromatic heterocycles. The minimum atomic E-state index is -0.605. The molecule has 2 aliphatic carbocycles. The van der Waals surface area contributed by atoms with Gasteiger partial charge in [-0.2, -0.15) is 0 Å². The molecule has 2 saturated heterocycles. The molecule has 4 fully saturated rings. The molecule has 6 nitrogen and oxygen atoms in total. The van der Waals surface area contributed by atoms with Crippen LogP contribution in [0.4, 0.5) is 0 Å². The number of carbonyl (C=O) groups is 2. The zero-order valence-electron chi connectivity index (χ0n) is 20.8. The van der Waals surface area contributed by atoms with Gasteiger partial charge in [-0.1, -0.05) is 13.8 Å². The molecule has 2 saturated carbocycles. The van der Waals surface area contributed by atoms with Crippen molar-refractivity contribution in [3.63, 3.8) is 0 Å². The van der Waals surface area contributed by atoms with Gasteiger partial charge < -0.3 is 20.2 Å². The number of nitrogens with zero attached hydrogens (tertiary/aromatic N) is 2. The van der Waals surface area contributed by atoms with Crippen LogP contribution < -0.4 is 5.32 Å². The number of aliphatic hydroxyl groups is 1. The fourth-order valence-electron chi connectivity index (χ4n) is 7.57. The van der Waals surface area contributed by atoms with Gasteiger partial charge in [0, 0.05) is 51.6 Å². The predicted octanol–water partition coefficient (Wildman–Crippen LogP) is 3.33. The van der Waals surface area contributed by atoms with Gasteiger partial charge in [-0.3, -0.25) is 9.59 Å². The lowest BCUT2D eigenvalue weighted by atomic mass is 9.57. The van der Waals surface area contributed by atoms with Crippen LogP contribution in [0, 0.1) is 16.7 Å². The Balaban J connectivity index is 1.51. The molecule has 0 spiro atoms. The second-order valence-electron chi connectivity index (χ2n) is 12.3. The van der Waals surface area contributed by atoms with Crippen molar-refractivity contribution in [2.24, 2.45) is 16.7 Å². The van der Waals surface area contributed by atoms with Gasteiger partial charge in [0.2, 0.25) is 11.8 Å². The number of hydrogen-bond acceptors (Lipinski definition) is 4. The van der Waals surface area contributed by atoms with Crippen molar-refractivity contribution in [2.45, 2.75) is 110 Å². The highest BCUT2D eigenvalue weighted by atomic mass is 16.3. The normalized spacial score (nSPS) is 37.5. The zero-order valence-corrected chi connectivity index (χ0v) is 20.8. The van der Waals surface area contributed by atoms with E-state index in [0.29, 0.717) is 30.3 Å². The van der Waals surface area contributed by atoms with Crippen molar-refractivity contribution in [3.05, 3.63) is 0 Å². The molecule has 0 unspecified atom stereocenters. The Kier molecular flexibility index (Phi) is 6.68. The van der Waals surface area contributed by atoms with E-state index in [2.05, 4.69) is 24.1 Å². The third-order valence-electron chi connectivity index (χ3n) is 9.47. The molecule has 6 heteroatoms. The molecule has 2 amide bonds. The largest absolute Gasteiger partial charge is 0.390 e. The Hall–Kier alpha value is -1.14. The minimum Gasteiger partial charge on any atom is -0.390 e. The quantitative estimate of drug-likeness (QED) is 0.678. The Morgan fingerprint density at radius 2 is 1.62 bits per heavy atom. The smallest absolute Gasteiger partial charge is 0.222 e. The van der Waals surface area contributed by atoms with Crippen LogP contribution in [0.1, 0.15) is 91.9 Å². The third-order valence-corrected chi connectivity index (χ3v) is 9.47. The van der Waals surface area contributed by atoms with Gasteiger partial charge >= 0.3 is 0 Å². The molecule has 4 atom stereocenters. The zero-order chi connectivity index (χ0) is 23.1. The van der Waals surface area contributed by atoms with Crippen LogP contribution >= 0.6 is 0 Å². The van der Waals surface area contributed by atoms with Crippen LogP contribution in [0.2, 0.25) is 0 Å². The third kappa shape index (κ3) is 4.72. The lowest BCUT2D eigenvalue weighted by Crippen LogP contribution is -2.55. The maximum Gasteiger partial charge on any atom is 0.222 e. The lowest BCUT2D eigenvalue weighted by Gasteiger charge is -2.51. The highest BCUT2D eigenvalue weighted by molar-refractivity contribution is 5.76. The van der Waals surface area contributed by atoms with E-state index in [1.54, 1.807) is 6.92 Å². The summed E-state index contributed by atoms with van der Waals surface area (Å²) < 4.78 is 0. The summed E-state index contributed by atoms with van der Waals surface area (Å²) in [5.74, 6) is 0.919. The van der Waals surface area contributed by atoms with Gasteiger partial charge in [0.15, 0.2) is 0 Å². The number of nitrogens with one attached hydrogen (secondary N) is 1. The summed E-state index contributed by atoms with van der Waals surface area (Å²) in [6.07, 6.45) is 9.58. The number of hydrogen-bond donors (Lipinski definition) is 2. The van der Waals surface area contributed by atoms with Crippen molar-refractivity contribution >= 4 is 11.8 Å². The van der Waals surface area contributed by atoms with Crippen molar-refractivity contribution in [1.82, 2.24) is 15.1 Å². The number of rotatable bonds is 5. The fourth-order valence-corrected chi connectivity index (χ4v) is 7.57. The molecule has 4 rings (SSSR count). The van der Waals surface area contributed by atoms with Gasteiger partial charge in [0.05, 0.1) is 5.60 Å². The van der Waals surface area contributed by atoms with E-state index in [0.717, 1.165) is 84.0 Å².